The van der Waals surface area contributed by atoms with Gasteiger partial charge in [0, 0.05) is 17.1 Å². The van der Waals surface area contributed by atoms with E-state index in [1.165, 1.54) is 0 Å². The molecular weight excluding hydrogens is 308 g/mol. The largest absolute Gasteiger partial charge is 0.370 e. The minimum Gasteiger partial charge on any atom is -0.370 e. The van der Waals surface area contributed by atoms with Crippen molar-refractivity contribution in [2.75, 3.05) is 19.7 Å². The highest BCUT2D eigenvalue weighted by Crippen LogP contribution is 2.29. The number of nitrogens with zero attached hydrogens (tertiary/aromatic N) is 1. The number of carbonyl (C=O) groups excluding carboxylic acids is 1. The van der Waals surface area contributed by atoms with E-state index in [1.54, 1.807) is 0 Å². The normalized spacial score (nSPS) is 23.2. The minimum atomic E-state index is -0.0470. The van der Waals surface area contributed by atoms with Gasteiger partial charge in [-0.3, -0.25) is 0 Å². The number of hydrogen-bond donors (Lipinski definition) is 1. The van der Waals surface area contributed by atoms with E-state index >= 15 is 0 Å². The van der Waals surface area contributed by atoms with Crippen molar-refractivity contribution >= 4 is 22.0 Å². The molecule has 1 aliphatic carbocycles. The zero-order chi connectivity index (χ0) is 13.2. The third-order valence-electron chi connectivity index (χ3n) is 3.51. The summed E-state index contributed by atoms with van der Waals surface area (Å²) in [6, 6.07) is 8.46. The SMILES string of the molecule is O=C(NC1CC1)N1CCO[C@H](c2ccccc2Br)C1. The summed E-state index contributed by atoms with van der Waals surface area (Å²) in [7, 11) is 0. The molecule has 1 atom stereocenters. The van der Waals surface area contributed by atoms with Crippen molar-refractivity contribution in [1.82, 2.24) is 10.2 Å². The van der Waals surface area contributed by atoms with Crippen molar-refractivity contribution in [3.05, 3.63) is 34.3 Å². The molecule has 2 fully saturated rings. The molecule has 0 bridgehead atoms. The van der Waals surface area contributed by atoms with Crippen LogP contribution in [0.15, 0.2) is 28.7 Å². The molecule has 1 saturated carbocycles. The minimum absolute atomic E-state index is 0.0443. The quantitative estimate of drug-likeness (QED) is 0.908. The summed E-state index contributed by atoms with van der Waals surface area (Å²) >= 11 is 3.54. The molecule has 1 aromatic rings. The molecule has 0 radical (unpaired) electrons. The molecule has 2 amide bonds. The van der Waals surface area contributed by atoms with Crippen LogP contribution in [0.3, 0.4) is 0 Å². The second-order valence-electron chi connectivity index (χ2n) is 5.05. The van der Waals surface area contributed by atoms with Crippen molar-refractivity contribution in [3.8, 4) is 0 Å². The summed E-state index contributed by atoms with van der Waals surface area (Å²) in [4.78, 5) is 13.9. The maximum Gasteiger partial charge on any atom is 0.317 e. The summed E-state index contributed by atoms with van der Waals surface area (Å²) in [6.07, 6.45) is 2.18. The lowest BCUT2D eigenvalue weighted by Gasteiger charge is -2.33. The lowest BCUT2D eigenvalue weighted by atomic mass is 10.1. The van der Waals surface area contributed by atoms with Gasteiger partial charge in [0.05, 0.1) is 13.2 Å². The zero-order valence-electron chi connectivity index (χ0n) is 10.6. The first-order valence-corrected chi connectivity index (χ1v) is 7.45. The van der Waals surface area contributed by atoms with Crippen molar-refractivity contribution in [1.29, 1.82) is 0 Å². The lowest BCUT2D eigenvalue weighted by Crippen LogP contribution is -2.47. The van der Waals surface area contributed by atoms with Gasteiger partial charge in [-0.25, -0.2) is 4.79 Å². The second kappa shape index (κ2) is 5.51. The number of morpholine rings is 1. The van der Waals surface area contributed by atoms with Crippen LogP contribution in [0.2, 0.25) is 0 Å². The molecule has 2 aliphatic rings. The number of halogens is 1. The number of amides is 2. The number of nitrogens with one attached hydrogen (secondary N) is 1. The zero-order valence-corrected chi connectivity index (χ0v) is 12.2. The van der Waals surface area contributed by atoms with Gasteiger partial charge < -0.3 is 15.0 Å². The fraction of sp³-hybridized carbons (Fsp3) is 0.500. The van der Waals surface area contributed by atoms with Gasteiger partial charge in [-0.2, -0.15) is 0 Å². The van der Waals surface area contributed by atoms with Gasteiger partial charge in [-0.1, -0.05) is 34.1 Å². The van der Waals surface area contributed by atoms with Crippen LogP contribution in [0, 0.1) is 0 Å². The molecule has 1 aliphatic heterocycles. The monoisotopic (exact) mass is 324 g/mol. The van der Waals surface area contributed by atoms with Crippen LogP contribution < -0.4 is 5.32 Å². The van der Waals surface area contributed by atoms with Crippen LogP contribution in [0.5, 0.6) is 0 Å². The van der Waals surface area contributed by atoms with Gasteiger partial charge in [0.1, 0.15) is 6.10 Å². The van der Waals surface area contributed by atoms with Crippen molar-refractivity contribution in [3.63, 3.8) is 0 Å². The van der Waals surface area contributed by atoms with Crippen LogP contribution in [0.1, 0.15) is 24.5 Å². The highest BCUT2D eigenvalue weighted by molar-refractivity contribution is 9.10. The second-order valence-corrected chi connectivity index (χ2v) is 5.91. The molecule has 102 valence electrons. The summed E-state index contributed by atoms with van der Waals surface area (Å²) in [6.45, 7) is 1.87. The third kappa shape index (κ3) is 3.09. The Morgan fingerprint density at radius 3 is 2.89 bits per heavy atom. The summed E-state index contributed by atoms with van der Waals surface area (Å²) in [5.74, 6) is 0. The highest BCUT2D eigenvalue weighted by Gasteiger charge is 2.30. The van der Waals surface area contributed by atoms with Crippen molar-refractivity contribution < 1.29 is 9.53 Å². The Hall–Kier alpha value is -1.07. The topological polar surface area (TPSA) is 41.6 Å². The van der Waals surface area contributed by atoms with E-state index in [-0.39, 0.29) is 12.1 Å². The molecule has 19 heavy (non-hydrogen) atoms. The van der Waals surface area contributed by atoms with Crippen LogP contribution in [-0.4, -0.2) is 36.7 Å². The third-order valence-corrected chi connectivity index (χ3v) is 4.23. The van der Waals surface area contributed by atoms with Crippen molar-refractivity contribution in [2.24, 2.45) is 0 Å². The van der Waals surface area contributed by atoms with E-state index in [4.69, 9.17) is 4.74 Å². The number of carbonyl (C=O) groups is 1. The Labute approximate surface area is 121 Å². The predicted molar refractivity (Wildman–Crippen MR) is 76.0 cm³/mol. The molecule has 1 N–H and O–H groups in total. The molecule has 1 aromatic carbocycles. The average Bonchev–Trinajstić information content (AvgIpc) is 3.23. The van der Waals surface area contributed by atoms with Gasteiger partial charge in [-0.05, 0) is 24.5 Å². The number of ether oxygens (including phenoxy) is 1. The maximum absolute atomic E-state index is 12.1. The summed E-state index contributed by atoms with van der Waals surface area (Å²) < 4.78 is 6.83. The van der Waals surface area contributed by atoms with E-state index in [0.717, 1.165) is 22.9 Å². The van der Waals surface area contributed by atoms with Crippen LogP contribution in [-0.2, 0) is 4.74 Å². The lowest BCUT2D eigenvalue weighted by molar-refractivity contribution is -0.0158. The van der Waals surface area contributed by atoms with Gasteiger partial charge in [0.2, 0.25) is 0 Å². The molecule has 1 heterocycles. The number of rotatable bonds is 2. The molecule has 1 saturated heterocycles. The van der Waals surface area contributed by atoms with E-state index in [1.807, 2.05) is 29.2 Å². The molecule has 0 aromatic heterocycles. The van der Waals surface area contributed by atoms with Gasteiger partial charge in [-0.15, -0.1) is 0 Å². The van der Waals surface area contributed by atoms with Crippen LogP contribution >= 0.6 is 15.9 Å². The number of benzene rings is 1. The number of hydrogen-bond acceptors (Lipinski definition) is 2. The molecule has 0 spiro atoms. The first-order valence-electron chi connectivity index (χ1n) is 6.65. The van der Waals surface area contributed by atoms with Crippen LogP contribution in [0.4, 0.5) is 4.79 Å². The molecular formula is C14H17BrN2O2. The average molecular weight is 325 g/mol. The van der Waals surface area contributed by atoms with E-state index < -0.39 is 0 Å². The Balaban J connectivity index is 1.67. The maximum atomic E-state index is 12.1. The Bertz CT molecular complexity index is 476. The van der Waals surface area contributed by atoms with Crippen molar-refractivity contribution in [2.45, 2.75) is 25.0 Å². The highest BCUT2D eigenvalue weighted by atomic mass is 79.9. The first kappa shape index (κ1) is 12.9. The Morgan fingerprint density at radius 1 is 1.37 bits per heavy atom. The predicted octanol–water partition coefficient (Wildman–Crippen LogP) is 2.69. The molecule has 4 nitrogen and oxygen atoms in total. The first-order chi connectivity index (χ1) is 9.24. The summed E-state index contributed by atoms with van der Waals surface area (Å²) in [5, 5.41) is 3.03. The number of urea groups is 1. The van der Waals surface area contributed by atoms with Gasteiger partial charge >= 0.3 is 6.03 Å². The molecule has 3 rings (SSSR count). The fourth-order valence-electron chi connectivity index (χ4n) is 2.25. The summed E-state index contributed by atoms with van der Waals surface area (Å²) in [5.41, 5.74) is 1.10. The van der Waals surface area contributed by atoms with Gasteiger partial charge in [0.15, 0.2) is 0 Å². The fourth-order valence-corrected chi connectivity index (χ4v) is 2.79. The van der Waals surface area contributed by atoms with E-state index in [9.17, 15) is 4.79 Å². The molecule has 0 unspecified atom stereocenters. The van der Waals surface area contributed by atoms with E-state index in [0.29, 0.717) is 25.7 Å². The van der Waals surface area contributed by atoms with E-state index in [2.05, 4.69) is 21.2 Å². The Kier molecular flexibility index (Phi) is 3.75. The van der Waals surface area contributed by atoms with Crippen LogP contribution in [0.25, 0.3) is 0 Å². The smallest absolute Gasteiger partial charge is 0.317 e. The van der Waals surface area contributed by atoms with Gasteiger partial charge in [0.25, 0.3) is 0 Å². The standard InChI is InChI=1S/C14H17BrN2O2/c15-12-4-2-1-3-11(12)13-9-17(7-8-19-13)14(18)16-10-5-6-10/h1-4,10,13H,5-9H2,(H,16,18)/t13-/m0/s1. The Morgan fingerprint density at radius 2 is 2.16 bits per heavy atom. The molecule has 5 heteroatoms.